The quantitative estimate of drug-likeness (QED) is 0.0952. The first-order valence-electron chi connectivity index (χ1n) is 30.3. The van der Waals surface area contributed by atoms with E-state index in [1.165, 1.54) is 26.2 Å². The van der Waals surface area contributed by atoms with Crippen LogP contribution in [0.15, 0.2) is 23.8 Å². The number of methoxy groups -OCH3 is 1. The number of hydrogen-bond donors (Lipinski definition) is 8. The second kappa shape index (κ2) is 25.0. The number of nitrogens with zero attached hydrogens (tertiary/aromatic N) is 2. The number of amides is 1. The topological polar surface area (TPSA) is 267 Å². The molecule has 8 N–H and O–H groups in total. The highest BCUT2D eigenvalue weighted by Crippen LogP contribution is 2.68. The average molecular weight is 1150 g/mol. The minimum Gasteiger partial charge on any atom is -0.459 e. The van der Waals surface area contributed by atoms with Crippen molar-refractivity contribution in [2.75, 3.05) is 40.8 Å². The number of aliphatic hydroxyl groups excluding tert-OH is 4. The van der Waals surface area contributed by atoms with Crippen molar-refractivity contribution in [2.24, 2.45) is 46.3 Å². The molecule has 5 unspecified atom stereocenters. The summed E-state index contributed by atoms with van der Waals surface area (Å²) in [5.41, 5.74) is -8.31. The fourth-order valence-electron chi connectivity index (χ4n) is 16.5. The second-order valence-corrected chi connectivity index (χ2v) is 27.0. The Bertz CT molecular complexity index is 2280. The Morgan fingerprint density at radius 3 is 2.23 bits per heavy atom. The summed E-state index contributed by atoms with van der Waals surface area (Å²) >= 11 is 0. The molecule has 3 aliphatic heterocycles. The monoisotopic (exact) mass is 1150 g/mol. The maximum absolute atomic E-state index is 16.2. The van der Waals surface area contributed by atoms with Crippen molar-refractivity contribution in [1.82, 2.24) is 15.1 Å². The molecule has 81 heavy (non-hydrogen) atoms. The summed E-state index contributed by atoms with van der Waals surface area (Å²) in [4.78, 5) is 45.6. The molecule has 7 rings (SSSR count). The lowest BCUT2D eigenvalue weighted by Gasteiger charge is -2.60. The summed E-state index contributed by atoms with van der Waals surface area (Å²) in [5, 5.41) is 88.6. The molecule has 3 heterocycles. The largest absolute Gasteiger partial charge is 0.459 e. The maximum atomic E-state index is 16.2. The number of fused-ring (bicyclic) bond motifs is 5. The second-order valence-electron chi connectivity index (χ2n) is 27.0. The minimum absolute atomic E-state index is 0.0702. The van der Waals surface area contributed by atoms with E-state index >= 15 is 4.39 Å². The van der Waals surface area contributed by atoms with Crippen LogP contribution in [0.2, 0.25) is 0 Å². The average Bonchev–Trinajstić information content (AvgIpc) is 3.78. The van der Waals surface area contributed by atoms with E-state index in [2.05, 4.69) is 5.32 Å². The predicted molar refractivity (Wildman–Crippen MR) is 299 cm³/mol. The molecular formula is C61H102FN3O16. The Morgan fingerprint density at radius 2 is 1.60 bits per heavy atom. The van der Waals surface area contributed by atoms with Crippen LogP contribution in [0.4, 0.5) is 4.39 Å². The van der Waals surface area contributed by atoms with Gasteiger partial charge in [-0.2, -0.15) is 0 Å². The number of nitrogens with one attached hydrogen (secondary N) is 1. The Hall–Kier alpha value is -2.54. The summed E-state index contributed by atoms with van der Waals surface area (Å²) in [7, 11) is 5.22. The lowest BCUT2D eigenvalue weighted by Crippen LogP contribution is -2.65. The SMILES string of the molecule is CC[C@H]1OC(=O)[C@H](C)[C@@H](OC2C[C@](C)(OC)[C@H](O)[C@@H](C)O2)[C@H](C)[C@@H](OC2O[C@H](C)C[C@@H](N(C)C)[C@H]2O)[C@@](O)(CC)CCCN(CCCNC(=O)[C@@]2(O)[C@H](C)CC3C4C[C@H](F)C5=CC(=O)C=C[C@]5(C)C4[C@@H](O)C[C@@]32C)[C@H](C)[C@@H](O)[C@]1(C)O. The minimum atomic E-state index is -2.00. The first-order valence-corrected chi connectivity index (χ1v) is 30.3. The number of halogens is 1. The zero-order chi connectivity index (χ0) is 60.3. The van der Waals surface area contributed by atoms with Crippen LogP contribution in [0, 0.1) is 46.3 Å². The Balaban J connectivity index is 1.15. The van der Waals surface area contributed by atoms with Crippen LogP contribution >= 0.6 is 0 Å². The molecule has 6 fully saturated rings. The summed E-state index contributed by atoms with van der Waals surface area (Å²) in [6, 6.07) is -1.14. The van der Waals surface area contributed by atoms with E-state index in [9.17, 15) is 50.1 Å². The molecule has 0 aromatic heterocycles. The van der Waals surface area contributed by atoms with Crippen LogP contribution < -0.4 is 5.32 Å². The van der Waals surface area contributed by atoms with Crippen molar-refractivity contribution >= 4 is 17.7 Å². The van der Waals surface area contributed by atoms with E-state index in [1.54, 1.807) is 47.6 Å². The third kappa shape index (κ3) is 12.2. The van der Waals surface area contributed by atoms with Gasteiger partial charge in [0.25, 0.3) is 5.91 Å². The Labute approximate surface area is 480 Å². The molecule has 19 nitrogen and oxygen atoms in total. The number of esters is 1. The number of likely N-dealkylation sites (N-methyl/N-ethyl adjacent to an activating group) is 1. The fraction of sp³-hybridized carbons (Fsp3) is 0.885. The molecule has 0 bridgehead atoms. The molecule has 4 aliphatic carbocycles. The molecule has 3 saturated carbocycles. The standard InChI is InChI=1S/C61H102FN3O16/c1-16-45-59(12,73)50(69)36(7)65(25-19-23-63-55(72)61(75)32(3)26-40-39-29-42(62)41-28-38(66)20-22-56(41,9)47(39)44(67)30-57(40,61)10)24-18-21-60(74,17-2)52(81-54-48(68)43(64(13)14)27-33(4)77-54)34(5)49(35(6)53(71)79-45)80-46-31-58(11,76-15)51(70)37(8)78-46/h20,22,28,32-37,39-40,42-52,54,67-70,73-75H,16-19,21,23-27,29-31H2,1-15H3,(H,63,72)/t32-,33-,34+,35-,36-,37-,39?,40?,42+,43-,44+,45-,46?,47?,48-,49+,50-,51-,52-,54?,56+,57+,58+,59-,60-,61+/m1/s1. The highest BCUT2D eigenvalue weighted by Gasteiger charge is 2.71. The van der Waals surface area contributed by atoms with Gasteiger partial charge in [-0.05, 0) is 155 Å². The van der Waals surface area contributed by atoms with Gasteiger partial charge in [0, 0.05) is 61.4 Å². The van der Waals surface area contributed by atoms with Crippen molar-refractivity contribution in [2.45, 2.75) is 255 Å². The molecule has 0 aromatic carbocycles. The lowest BCUT2D eigenvalue weighted by atomic mass is 9.46. The van der Waals surface area contributed by atoms with Crippen LogP contribution in [-0.4, -0.2) is 212 Å². The van der Waals surface area contributed by atoms with Gasteiger partial charge >= 0.3 is 5.97 Å². The number of rotatable bonds is 13. The highest BCUT2D eigenvalue weighted by atomic mass is 19.1. The number of aliphatic hydroxyl groups is 7. The third-order valence-electron chi connectivity index (χ3n) is 21.6. The van der Waals surface area contributed by atoms with E-state index in [-0.39, 0.29) is 87.9 Å². The predicted octanol–water partition coefficient (Wildman–Crippen LogP) is 4.13. The van der Waals surface area contributed by atoms with Gasteiger partial charge in [0.2, 0.25) is 0 Å². The number of cyclic esters (lactones) is 1. The normalized spacial score (nSPS) is 49.4. The number of allylic oxidation sites excluding steroid dienone is 4. The van der Waals surface area contributed by atoms with Gasteiger partial charge in [-0.15, -0.1) is 0 Å². The molecule has 0 aromatic rings. The van der Waals surface area contributed by atoms with Crippen LogP contribution in [0.1, 0.15) is 147 Å². The Morgan fingerprint density at radius 1 is 0.926 bits per heavy atom. The fourth-order valence-corrected chi connectivity index (χ4v) is 16.5. The number of alkyl halides is 1. The van der Waals surface area contributed by atoms with E-state index in [1.807, 2.05) is 58.5 Å². The molecule has 0 radical (unpaired) electrons. The van der Waals surface area contributed by atoms with Gasteiger partial charge in [0.1, 0.15) is 36.2 Å². The van der Waals surface area contributed by atoms with E-state index < -0.39 is 142 Å². The number of ether oxygens (including phenoxy) is 6. The lowest BCUT2D eigenvalue weighted by molar-refractivity contribution is -0.319. The van der Waals surface area contributed by atoms with Gasteiger partial charge < -0.3 is 74.4 Å². The molecule has 20 heteroatoms. The van der Waals surface area contributed by atoms with E-state index in [4.69, 9.17) is 28.4 Å². The van der Waals surface area contributed by atoms with Gasteiger partial charge in [-0.3, -0.25) is 19.3 Å². The van der Waals surface area contributed by atoms with Crippen LogP contribution in [0.5, 0.6) is 0 Å². The summed E-state index contributed by atoms with van der Waals surface area (Å²) in [5.74, 6) is -5.22. The molecule has 1 amide bonds. The van der Waals surface area contributed by atoms with Crippen LogP contribution in [0.25, 0.3) is 0 Å². The highest BCUT2D eigenvalue weighted by molar-refractivity contribution is 6.01. The van der Waals surface area contributed by atoms with Gasteiger partial charge in [-0.1, -0.05) is 47.6 Å². The molecule has 26 atom stereocenters. The summed E-state index contributed by atoms with van der Waals surface area (Å²) < 4.78 is 54.5. The summed E-state index contributed by atoms with van der Waals surface area (Å²) in [6.45, 7) is 21.7. The number of carbonyl (C=O) groups excluding carboxylic acids is 3. The summed E-state index contributed by atoms with van der Waals surface area (Å²) in [6.07, 6.45) is -6.13. The number of carbonyl (C=O) groups is 3. The molecule has 3 saturated heterocycles. The Kier molecular flexibility index (Phi) is 20.4. The number of hydrogen-bond acceptors (Lipinski definition) is 18. The van der Waals surface area contributed by atoms with Crippen LogP contribution in [0.3, 0.4) is 0 Å². The number of ketones is 1. The van der Waals surface area contributed by atoms with Gasteiger partial charge in [0.05, 0.1) is 47.6 Å². The maximum Gasteiger partial charge on any atom is 0.311 e. The van der Waals surface area contributed by atoms with Crippen molar-refractivity contribution < 1.29 is 82.9 Å². The zero-order valence-electron chi connectivity index (χ0n) is 51.0. The van der Waals surface area contributed by atoms with Gasteiger partial charge in [0.15, 0.2) is 24.0 Å². The first kappa shape index (κ1) is 66.0. The van der Waals surface area contributed by atoms with Crippen molar-refractivity contribution in [3.63, 3.8) is 0 Å². The third-order valence-corrected chi connectivity index (χ3v) is 21.6. The van der Waals surface area contributed by atoms with Crippen LogP contribution in [-0.2, 0) is 42.8 Å². The van der Waals surface area contributed by atoms with Gasteiger partial charge in [-0.25, -0.2) is 4.39 Å². The molecular weight excluding hydrogens is 1050 g/mol. The smallest absolute Gasteiger partial charge is 0.311 e. The van der Waals surface area contributed by atoms with E-state index in [0.29, 0.717) is 31.3 Å². The zero-order valence-corrected chi connectivity index (χ0v) is 51.0. The van der Waals surface area contributed by atoms with Crippen molar-refractivity contribution in [3.8, 4) is 0 Å². The molecule has 7 aliphatic rings. The van der Waals surface area contributed by atoms with Crippen molar-refractivity contribution in [1.29, 1.82) is 0 Å². The first-order chi connectivity index (χ1) is 37.7. The van der Waals surface area contributed by atoms with E-state index in [0.717, 1.165) is 0 Å². The van der Waals surface area contributed by atoms with Crippen molar-refractivity contribution in [3.05, 3.63) is 23.8 Å². The molecule has 464 valence electrons. The molecule has 0 spiro atoms.